The number of methoxy groups -OCH3 is 1. The highest BCUT2D eigenvalue weighted by Gasteiger charge is 2.25. The lowest BCUT2D eigenvalue weighted by Gasteiger charge is -2.12. The van der Waals surface area contributed by atoms with Gasteiger partial charge >= 0.3 is 0 Å². The summed E-state index contributed by atoms with van der Waals surface area (Å²) in [7, 11) is 1.66. The molecule has 6 aromatic heterocycles. The van der Waals surface area contributed by atoms with E-state index in [0.29, 0.717) is 28.7 Å². The van der Waals surface area contributed by atoms with Crippen LogP contribution >= 0.6 is 57.1 Å². The molecule has 0 aliphatic heterocycles. The first-order valence-electron chi connectivity index (χ1n) is 17.7. The second-order valence-corrected chi connectivity index (χ2v) is 19.8. The molecule has 4 N–H and O–H groups in total. The zero-order valence-corrected chi connectivity index (χ0v) is 34.7. The summed E-state index contributed by atoms with van der Waals surface area (Å²) in [5.41, 5.74) is 23.3. The Morgan fingerprint density at radius 3 is 2.00 bits per heavy atom. The van der Waals surface area contributed by atoms with Crippen molar-refractivity contribution >= 4 is 100 Å². The minimum atomic E-state index is -1.25. The normalized spacial score (nSPS) is 12.3. The number of aromatic nitrogens is 2. The summed E-state index contributed by atoms with van der Waals surface area (Å²) in [4.78, 5) is 14.1. The molecule has 1 unspecified atom stereocenters. The molecular weight excluding hydrogens is 785 g/mol. The standard InChI is InChI=1S/C42H38N4O2S6/c1-3-4-18-51-41-37(43)35-29(23-31(45-39(35)52-41)33-11-6-19-49-33)26-15-13-25(14-16-26)27-9-5-10-28(22-27)30-24-32(34-12-7-20-50-34)46-40-36(30)38(44)42(53-40)54(47)21-8-17-48-2/h5-7,9-16,19-20,22-24H,3-4,8,17-18,21,43-44H2,1-2H3. The maximum absolute atomic E-state index is 13.4. The number of pyridine rings is 2. The van der Waals surface area contributed by atoms with Crippen molar-refractivity contribution < 1.29 is 9.29 Å². The Balaban J connectivity index is 1.18. The molecule has 6 nitrogen and oxygen atoms in total. The van der Waals surface area contributed by atoms with E-state index in [1.807, 2.05) is 17.8 Å². The van der Waals surface area contributed by atoms with Crippen molar-refractivity contribution in [3.05, 3.63) is 95.7 Å². The number of ether oxygens (including phenoxy) is 1. The fourth-order valence-corrected chi connectivity index (χ4v) is 12.9. The number of rotatable bonds is 14. The van der Waals surface area contributed by atoms with Crippen LogP contribution in [0.25, 0.3) is 75.0 Å². The summed E-state index contributed by atoms with van der Waals surface area (Å²) < 4.78 is 20.4. The number of nitrogen functional groups attached to an aromatic ring is 2. The number of nitrogens with two attached hydrogens (primary N) is 2. The second kappa shape index (κ2) is 16.6. The van der Waals surface area contributed by atoms with Crippen molar-refractivity contribution in [2.75, 3.05) is 36.7 Å². The van der Waals surface area contributed by atoms with Gasteiger partial charge in [-0.2, -0.15) is 0 Å². The number of thioether (sulfide) groups is 1. The molecule has 8 aromatic rings. The minimum absolute atomic E-state index is 0.488. The summed E-state index contributed by atoms with van der Waals surface area (Å²) in [6.07, 6.45) is 3.00. The lowest BCUT2D eigenvalue weighted by atomic mass is 9.95. The number of nitrogens with zero attached hydrogens (tertiary/aromatic N) is 2. The van der Waals surface area contributed by atoms with Gasteiger partial charge in [-0.3, -0.25) is 0 Å². The van der Waals surface area contributed by atoms with Crippen LogP contribution in [0, 0.1) is 0 Å². The van der Waals surface area contributed by atoms with Crippen molar-refractivity contribution in [3.8, 4) is 54.5 Å². The van der Waals surface area contributed by atoms with Gasteiger partial charge in [-0.15, -0.1) is 45.8 Å². The molecular formula is C42H38N4O2S6. The number of anilines is 2. The summed E-state index contributed by atoms with van der Waals surface area (Å²) in [6.45, 7) is 2.77. The Labute approximate surface area is 338 Å². The van der Waals surface area contributed by atoms with Gasteiger partial charge in [0.2, 0.25) is 4.21 Å². The van der Waals surface area contributed by atoms with Crippen molar-refractivity contribution in [1.29, 1.82) is 0 Å². The molecule has 0 aliphatic rings. The van der Waals surface area contributed by atoms with Crippen LogP contribution in [0.4, 0.5) is 11.4 Å². The molecule has 6 heterocycles. The Morgan fingerprint density at radius 1 is 0.722 bits per heavy atom. The molecule has 0 radical (unpaired) electrons. The van der Waals surface area contributed by atoms with E-state index < -0.39 is 11.2 Å². The summed E-state index contributed by atoms with van der Waals surface area (Å²) >= 11 is 7.07. The first-order valence-corrected chi connectivity index (χ1v) is 23.4. The first kappa shape index (κ1) is 37.2. The number of thiophene rings is 4. The lowest BCUT2D eigenvalue weighted by molar-refractivity contribution is 0.199. The number of hydrogen-bond acceptors (Lipinski definition) is 11. The van der Waals surface area contributed by atoms with E-state index in [0.717, 1.165) is 103 Å². The van der Waals surface area contributed by atoms with E-state index in [9.17, 15) is 4.55 Å². The van der Waals surface area contributed by atoms with Crippen molar-refractivity contribution in [2.45, 2.75) is 34.6 Å². The third kappa shape index (κ3) is 7.46. The highest BCUT2D eigenvalue weighted by atomic mass is 32.2. The van der Waals surface area contributed by atoms with Gasteiger partial charge in [0.25, 0.3) is 0 Å². The highest BCUT2D eigenvalue weighted by molar-refractivity contribution is 8.01. The van der Waals surface area contributed by atoms with Crippen LogP contribution in [-0.2, 0) is 15.9 Å². The van der Waals surface area contributed by atoms with Gasteiger partial charge in [-0.05, 0) is 97.8 Å². The van der Waals surface area contributed by atoms with Crippen LogP contribution < -0.4 is 11.5 Å². The second-order valence-electron chi connectivity index (χ2n) is 12.8. The third-order valence-corrected chi connectivity index (χ3v) is 16.4. The number of fused-ring (bicyclic) bond motifs is 2. The van der Waals surface area contributed by atoms with Crippen LogP contribution in [0.5, 0.6) is 0 Å². The van der Waals surface area contributed by atoms with Gasteiger partial charge in [0.1, 0.15) is 21.1 Å². The monoisotopic (exact) mass is 822 g/mol. The molecule has 1 atom stereocenters. The third-order valence-electron chi connectivity index (χ3n) is 9.20. The Hall–Kier alpha value is -3.72. The van der Waals surface area contributed by atoms with Crippen LogP contribution in [-0.4, -0.2) is 39.7 Å². The molecule has 0 fully saturated rings. The minimum Gasteiger partial charge on any atom is -0.611 e. The zero-order valence-electron chi connectivity index (χ0n) is 29.8. The Kier molecular flexibility index (Phi) is 11.4. The van der Waals surface area contributed by atoms with E-state index in [2.05, 4.69) is 96.5 Å². The largest absolute Gasteiger partial charge is 0.611 e. The van der Waals surface area contributed by atoms with E-state index in [4.69, 9.17) is 26.2 Å². The van der Waals surface area contributed by atoms with Crippen LogP contribution in [0.2, 0.25) is 0 Å². The summed E-state index contributed by atoms with van der Waals surface area (Å²) in [6, 6.07) is 29.9. The molecule has 0 saturated carbocycles. The lowest BCUT2D eigenvalue weighted by Crippen LogP contribution is -2.09. The van der Waals surface area contributed by atoms with E-state index in [-0.39, 0.29) is 0 Å². The zero-order chi connectivity index (χ0) is 37.2. The van der Waals surface area contributed by atoms with Gasteiger partial charge in [0.15, 0.2) is 0 Å². The average Bonchev–Trinajstić information content (AvgIpc) is 4.03. The molecule has 0 bridgehead atoms. The molecule has 12 heteroatoms. The molecule has 0 spiro atoms. The van der Waals surface area contributed by atoms with Gasteiger partial charge in [0.05, 0.1) is 37.6 Å². The molecule has 2 aromatic carbocycles. The first-order chi connectivity index (χ1) is 26.4. The van der Waals surface area contributed by atoms with Crippen molar-refractivity contribution in [3.63, 3.8) is 0 Å². The average molecular weight is 823 g/mol. The fourth-order valence-electron chi connectivity index (χ4n) is 6.48. The van der Waals surface area contributed by atoms with Gasteiger partial charge in [-0.1, -0.05) is 79.3 Å². The smallest absolute Gasteiger partial charge is 0.232 e. The quantitative estimate of drug-likeness (QED) is 0.0638. The van der Waals surface area contributed by atoms with E-state index >= 15 is 0 Å². The van der Waals surface area contributed by atoms with E-state index in [1.165, 1.54) is 11.3 Å². The van der Waals surface area contributed by atoms with Crippen LogP contribution in [0.15, 0.2) is 104 Å². The Morgan fingerprint density at radius 2 is 1.35 bits per heavy atom. The molecule has 0 aliphatic carbocycles. The Bertz CT molecular complexity index is 2520. The maximum atomic E-state index is 13.4. The van der Waals surface area contributed by atoms with Gasteiger partial charge < -0.3 is 20.8 Å². The summed E-state index contributed by atoms with van der Waals surface area (Å²) in [5.74, 6) is 1.53. The van der Waals surface area contributed by atoms with Crippen LogP contribution in [0.1, 0.15) is 26.2 Å². The van der Waals surface area contributed by atoms with Crippen LogP contribution in [0.3, 0.4) is 0 Å². The van der Waals surface area contributed by atoms with Crippen molar-refractivity contribution in [2.24, 2.45) is 0 Å². The number of unbranched alkanes of at least 4 members (excludes halogenated alkanes) is 1. The molecule has 274 valence electrons. The molecule has 54 heavy (non-hydrogen) atoms. The fraction of sp³-hybridized carbons (Fsp3) is 0.190. The number of hydrogen-bond donors (Lipinski definition) is 2. The van der Waals surface area contributed by atoms with E-state index in [1.54, 1.807) is 41.1 Å². The predicted molar refractivity (Wildman–Crippen MR) is 238 cm³/mol. The topological polar surface area (TPSA) is 110 Å². The molecule has 0 amide bonds. The van der Waals surface area contributed by atoms with Crippen molar-refractivity contribution in [1.82, 2.24) is 9.97 Å². The van der Waals surface area contributed by atoms with Gasteiger partial charge in [-0.25, -0.2) is 9.97 Å². The highest BCUT2D eigenvalue weighted by Crippen LogP contribution is 2.47. The maximum Gasteiger partial charge on any atom is 0.232 e. The molecule has 0 saturated heterocycles. The summed E-state index contributed by atoms with van der Waals surface area (Å²) in [5, 5.41) is 6.04. The number of benzene rings is 2. The molecule has 8 rings (SSSR count). The predicted octanol–water partition coefficient (Wildman–Crippen LogP) is 12.6. The SMILES string of the molecule is CCCCSc1sc2nc(-c3cccs3)cc(-c3ccc(-c4cccc(-c5cc(-c6cccs6)nc6sc([S+]([O-])CCCOC)c(N)c56)c4)cc3)c2c1N. The van der Waals surface area contributed by atoms with Gasteiger partial charge in [0, 0.05) is 24.3 Å².